The Kier molecular flexibility index (Phi) is 11.8. The number of aliphatic imine (C=N–C) groups is 1. The number of aliphatic hydroxyl groups is 2. The highest BCUT2D eigenvalue weighted by atomic mass is 32.1. The lowest BCUT2D eigenvalue weighted by atomic mass is 9.58. The second-order valence-corrected chi connectivity index (χ2v) is 16.8. The molecule has 3 aliphatic carbocycles. The van der Waals surface area contributed by atoms with Crippen LogP contribution >= 0.6 is 22.7 Å². The number of rotatable bonds is 10. The third kappa shape index (κ3) is 8.31. The van der Waals surface area contributed by atoms with Crippen molar-refractivity contribution < 1.29 is 20.1 Å². The van der Waals surface area contributed by atoms with Crippen LogP contribution in [0.1, 0.15) is 90.9 Å². The van der Waals surface area contributed by atoms with Crippen LogP contribution in [0.2, 0.25) is 0 Å². The number of hydrogen-bond donors (Lipinski definition) is 6. The summed E-state index contributed by atoms with van der Waals surface area (Å²) in [6.07, 6.45) is 6.70. The van der Waals surface area contributed by atoms with E-state index in [1.807, 2.05) is 19.1 Å². The molecule has 2 saturated carbocycles. The minimum absolute atomic E-state index is 0.101. The molecular weight excluding hydrogens is 677 g/mol. The zero-order chi connectivity index (χ0) is 36.1. The minimum Gasteiger partial charge on any atom is -0.508 e. The maximum atomic E-state index is 14.7. The van der Waals surface area contributed by atoms with Crippen LogP contribution in [0.5, 0.6) is 5.75 Å². The molecule has 2 fully saturated rings. The maximum absolute atomic E-state index is 14.7. The van der Waals surface area contributed by atoms with Crippen LogP contribution < -0.4 is 16.4 Å². The Hall–Kier alpha value is -3.80. The monoisotopic (exact) mass is 726 g/mol. The lowest BCUT2D eigenvalue weighted by molar-refractivity contribution is 0.0374. The number of benzene rings is 1. The number of aliphatic hydroxyl groups excluding tert-OH is 2. The fourth-order valence-corrected chi connectivity index (χ4v) is 11.0. The van der Waals surface area contributed by atoms with Crippen LogP contribution in [-0.4, -0.2) is 59.4 Å². The third-order valence-electron chi connectivity index (χ3n) is 11.2. The molecular formula is C41H50N4O4S2. The molecule has 1 spiro atoms. The van der Waals surface area contributed by atoms with Gasteiger partial charge in [0.2, 0.25) is 0 Å². The summed E-state index contributed by atoms with van der Waals surface area (Å²) >= 11 is 3.25. The van der Waals surface area contributed by atoms with E-state index in [1.165, 1.54) is 0 Å². The number of anilines is 1. The van der Waals surface area contributed by atoms with Gasteiger partial charge >= 0.3 is 0 Å². The van der Waals surface area contributed by atoms with Gasteiger partial charge in [-0.05, 0) is 124 Å². The van der Waals surface area contributed by atoms with Crippen molar-refractivity contribution in [2.45, 2.75) is 83.8 Å². The summed E-state index contributed by atoms with van der Waals surface area (Å²) in [5.74, 6) is 14.6. The number of carbonyl (C=O) groups is 1. The smallest absolute Gasteiger partial charge is 0.188 e. The molecule has 7 unspecified atom stereocenters. The number of nitrogens with zero attached hydrogens (tertiary/aromatic N) is 1. The Balaban J connectivity index is 1.39. The first-order valence-electron chi connectivity index (χ1n) is 18.2. The number of hydrogen-bond acceptors (Lipinski definition) is 8. The summed E-state index contributed by atoms with van der Waals surface area (Å²) in [7, 11) is 1.68. The quantitative estimate of drug-likeness (QED) is 0.0597. The predicted molar refractivity (Wildman–Crippen MR) is 208 cm³/mol. The second kappa shape index (κ2) is 16.3. The number of carbonyl (C=O) groups excluding carboxylic acids is 1. The van der Waals surface area contributed by atoms with Crippen LogP contribution in [0, 0.1) is 52.8 Å². The molecule has 0 aliphatic heterocycles. The van der Waals surface area contributed by atoms with Crippen molar-refractivity contribution in [3.63, 3.8) is 0 Å². The van der Waals surface area contributed by atoms with E-state index >= 15 is 0 Å². The van der Waals surface area contributed by atoms with Gasteiger partial charge in [0, 0.05) is 54.4 Å². The normalized spacial score (nSPS) is 26.3. The molecule has 51 heavy (non-hydrogen) atoms. The molecule has 2 aromatic heterocycles. The zero-order valence-electron chi connectivity index (χ0n) is 29.8. The van der Waals surface area contributed by atoms with Crippen LogP contribution in [0.25, 0.3) is 9.75 Å². The molecule has 7 atom stereocenters. The number of nitrogens with two attached hydrogens (primary N) is 1. The SMILES string of the molecule is CC#Cc1ccc(-c2ccc(C(=O)C3CCC4CC35CC(CC#Cc3c(cc(O)cc3NCC(C)O)CC4NC(N)=NC)C(CCCO)C5)s2)s1. The number of phenols is 1. The number of nitrogens with one attached hydrogen (secondary N) is 2. The summed E-state index contributed by atoms with van der Waals surface area (Å²) in [5.41, 5.74) is 8.58. The Morgan fingerprint density at radius 1 is 1.14 bits per heavy atom. The number of Topliss-reactive ketones (excluding diaryl/α,β-unsaturated/α-hetero) is 1. The number of aromatic hydroxyl groups is 1. The molecule has 3 aromatic rings. The second-order valence-electron chi connectivity index (χ2n) is 14.6. The molecule has 3 aliphatic rings. The van der Waals surface area contributed by atoms with Crippen molar-refractivity contribution in [3.05, 3.63) is 57.3 Å². The molecule has 10 heteroatoms. The van der Waals surface area contributed by atoms with Gasteiger partial charge in [-0.15, -0.1) is 28.6 Å². The van der Waals surface area contributed by atoms with Crippen LogP contribution in [-0.2, 0) is 6.42 Å². The van der Waals surface area contributed by atoms with E-state index in [2.05, 4.69) is 51.4 Å². The summed E-state index contributed by atoms with van der Waals surface area (Å²) in [6.45, 7) is 4.04. The van der Waals surface area contributed by atoms with Crippen LogP contribution in [0.3, 0.4) is 0 Å². The topological polar surface area (TPSA) is 140 Å². The van der Waals surface area contributed by atoms with Gasteiger partial charge in [-0.3, -0.25) is 9.79 Å². The number of ketones is 1. The van der Waals surface area contributed by atoms with Gasteiger partial charge in [-0.2, -0.15) is 0 Å². The van der Waals surface area contributed by atoms with E-state index in [1.54, 1.807) is 48.8 Å². The van der Waals surface area contributed by atoms with Gasteiger partial charge in [0.15, 0.2) is 11.7 Å². The summed E-state index contributed by atoms with van der Waals surface area (Å²) in [4.78, 5) is 23.0. The Morgan fingerprint density at radius 3 is 2.69 bits per heavy atom. The Morgan fingerprint density at radius 2 is 1.92 bits per heavy atom. The zero-order valence-corrected chi connectivity index (χ0v) is 31.4. The van der Waals surface area contributed by atoms with E-state index in [-0.39, 0.29) is 41.4 Å². The lowest BCUT2D eigenvalue weighted by Crippen LogP contribution is -2.50. The number of guanidine groups is 1. The lowest BCUT2D eigenvalue weighted by Gasteiger charge is -2.47. The summed E-state index contributed by atoms with van der Waals surface area (Å²) in [5, 5.41) is 37.6. The molecule has 6 rings (SSSR count). The molecule has 0 amide bonds. The van der Waals surface area contributed by atoms with Gasteiger partial charge < -0.3 is 31.7 Å². The van der Waals surface area contributed by atoms with Crippen molar-refractivity contribution in [2.75, 3.05) is 25.5 Å². The fourth-order valence-electron chi connectivity index (χ4n) is 8.97. The van der Waals surface area contributed by atoms with Gasteiger partial charge in [-0.25, -0.2) is 0 Å². The molecule has 3 bridgehead atoms. The average molecular weight is 727 g/mol. The van der Waals surface area contributed by atoms with E-state index < -0.39 is 6.10 Å². The van der Waals surface area contributed by atoms with Gasteiger partial charge in [0.25, 0.3) is 0 Å². The fraction of sp³-hybridized carbons (Fsp3) is 0.512. The molecule has 2 heterocycles. The predicted octanol–water partition coefficient (Wildman–Crippen LogP) is 6.63. The van der Waals surface area contributed by atoms with E-state index in [4.69, 9.17) is 5.73 Å². The minimum atomic E-state index is -0.570. The molecule has 270 valence electrons. The number of fused-ring (bicyclic) bond motifs is 3. The van der Waals surface area contributed by atoms with E-state index in [0.29, 0.717) is 42.9 Å². The Bertz CT molecular complexity index is 1870. The highest BCUT2D eigenvalue weighted by molar-refractivity contribution is 7.23. The first kappa shape index (κ1) is 37.0. The van der Waals surface area contributed by atoms with Crippen LogP contribution in [0.15, 0.2) is 41.4 Å². The largest absolute Gasteiger partial charge is 0.508 e. The highest BCUT2D eigenvalue weighted by Gasteiger charge is 2.55. The average Bonchev–Trinajstić information content (AvgIpc) is 3.86. The number of phenolic OH excluding ortho intramolecular Hbond substituents is 1. The van der Waals surface area contributed by atoms with Crippen molar-refractivity contribution in [1.29, 1.82) is 0 Å². The van der Waals surface area contributed by atoms with Gasteiger partial charge in [-0.1, -0.05) is 17.8 Å². The Labute approximate surface area is 310 Å². The molecule has 0 radical (unpaired) electrons. The molecule has 7 N–H and O–H groups in total. The highest BCUT2D eigenvalue weighted by Crippen LogP contribution is 2.61. The van der Waals surface area contributed by atoms with Gasteiger partial charge in [0.1, 0.15) is 5.75 Å². The summed E-state index contributed by atoms with van der Waals surface area (Å²) < 4.78 is 0. The van der Waals surface area contributed by atoms with Crippen molar-refractivity contribution in [2.24, 2.45) is 39.8 Å². The van der Waals surface area contributed by atoms with Crippen LogP contribution in [0.4, 0.5) is 5.69 Å². The third-order valence-corrected chi connectivity index (χ3v) is 13.5. The first-order valence-corrected chi connectivity index (χ1v) is 19.8. The number of thiophene rings is 2. The van der Waals surface area contributed by atoms with Crippen molar-refractivity contribution >= 4 is 40.1 Å². The van der Waals surface area contributed by atoms with E-state index in [0.717, 1.165) is 75.6 Å². The molecule has 8 nitrogen and oxygen atoms in total. The van der Waals surface area contributed by atoms with Crippen molar-refractivity contribution in [3.8, 4) is 39.2 Å². The van der Waals surface area contributed by atoms with Crippen molar-refractivity contribution in [1.82, 2.24) is 5.32 Å². The van der Waals surface area contributed by atoms with Gasteiger partial charge in [0.05, 0.1) is 27.1 Å². The molecule has 0 saturated heterocycles. The summed E-state index contributed by atoms with van der Waals surface area (Å²) in [6, 6.07) is 11.6. The molecule has 1 aromatic carbocycles. The standard InChI is InChI=1S/C41H50N4O4S2/c1-4-7-31-12-14-36(50-31)37-15-16-38(51-37)39(49)33-13-11-28-23-41(33)21-26(27(22-41)9-6-17-46)8-5-10-32-29(19-34(28)45-40(42)43-3)18-30(48)20-35(32)44-24-25(2)47/h12,14-16,18,20,25-28,33-34,44,46-48H,6,8-9,11,13,17,19,21-24H2,1-3H3,(H3,42,43,45). The first-order chi connectivity index (χ1) is 24.6. The van der Waals surface area contributed by atoms with E-state index in [9.17, 15) is 20.1 Å². The maximum Gasteiger partial charge on any atom is 0.188 e.